The molecule has 2 heterocycles. The van der Waals surface area contributed by atoms with Crippen LogP contribution in [0.4, 0.5) is 0 Å². The number of aromatic nitrogens is 3. The van der Waals surface area contributed by atoms with Crippen LogP contribution in [0.1, 0.15) is 0 Å². The lowest BCUT2D eigenvalue weighted by molar-refractivity contribution is 0.415. The zero-order valence-electron chi connectivity index (χ0n) is 13.4. The van der Waals surface area contributed by atoms with Crippen molar-refractivity contribution in [3.05, 3.63) is 65.9 Å². The predicted molar refractivity (Wildman–Crippen MR) is 96.6 cm³/mol. The van der Waals surface area contributed by atoms with Gasteiger partial charge in [0, 0.05) is 35.6 Å². The minimum Gasteiger partial charge on any atom is -0.497 e. The minimum atomic E-state index is 0.710. The van der Waals surface area contributed by atoms with E-state index in [2.05, 4.69) is 16.8 Å². The summed E-state index contributed by atoms with van der Waals surface area (Å²) >= 11 is 6.08. The normalized spacial score (nSPS) is 11.1. The van der Waals surface area contributed by atoms with E-state index in [9.17, 15) is 0 Å². The standard InChI is InChI=1S/C19H16ClN3O/c1-22-18(14-6-4-8-16(10-14)24-2)12-23-11-17(21-19(22)23)13-5-3-7-15(20)9-13/h3-12H,1-2H3. The first-order valence-electron chi connectivity index (χ1n) is 7.60. The molecule has 0 aliphatic carbocycles. The van der Waals surface area contributed by atoms with Crippen LogP contribution in [0.2, 0.25) is 5.02 Å². The maximum Gasteiger partial charge on any atom is 0.214 e. The van der Waals surface area contributed by atoms with Gasteiger partial charge in [0.2, 0.25) is 5.78 Å². The smallest absolute Gasteiger partial charge is 0.214 e. The summed E-state index contributed by atoms with van der Waals surface area (Å²) in [6.45, 7) is 0. The Morgan fingerprint density at radius 2 is 1.79 bits per heavy atom. The van der Waals surface area contributed by atoms with Crippen molar-refractivity contribution in [2.75, 3.05) is 7.11 Å². The molecule has 0 aliphatic rings. The van der Waals surface area contributed by atoms with Gasteiger partial charge in [-0.05, 0) is 24.3 Å². The molecule has 0 aliphatic heterocycles. The lowest BCUT2D eigenvalue weighted by atomic mass is 10.1. The molecule has 0 atom stereocenters. The SMILES string of the molecule is COc1cccc(-c2cn3cc(-c4cccc(Cl)c4)nc3n2C)c1. The Balaban J connectivity index is 1.81. The molecule has 0 amide bonds. The van der Waals surface area contributed by atoms with Gasteiger partial charge in [-0.2, -0.15) is 0 Å². The fourth-order valence-corrected chi connectivity index (χ4v) is 3.08. The fraction of sp³-hybridized carbons (Fsp3) is 0.105. The zero-order valence-corrected chi connectivity index (χ0v) is 14.2. The average molecular weight is 338 g/mol. The van der Waals surface area contributed by atoms with Gasteiger partial charge < -0.3 is 9.30 Å². The number of aryl methyl sites for hydroxylation is 1. The minimum absolute atomic E-state index is 0.710. The molecule has 0 fully saturated rings. The first kappa shape index (κ1) is 14.8. The number of fused-ring (bicyclic) bond motifs is 1. The predicted octanol–water partition coefficient (Wildman–Crippen LogP) is 4.67. The van der Waals surface area contributed by atoms with E-state index in [1.165, 1.54) is 0 Å². The highest BCUT2D eigenvalue weighted by Crippen LogP contribution is 2.28. The van der Waals surface area contributed by atoms with Gasteiger partial charge >= 0.3 is 0 Å². The summed E-state index contributed by atoms with van der Waals surface area (Å²) in [5.41, 5.74) is 4.08. The van der Waals surface area contributed by atoms with Crippen LogP contribution in [0.5, 0.6) is 5.75 Å². The number of imidazole rings is 2. The molecular formula is C19H16ClN3O. The maximum atomic E-state index is 6.08. The van der Waals surface area contributed by atoms with Gasteiger partial charge in [-0.25, -0.2) is 4.98 Å². The summed E-state index contributed by atoms with van der Waals surface area (Å²) < 4.78 is 9.42. The van der Waals surface area contributed by atoms with Crippen LogP contribution in [-0.4, -0.2) is 21.1 Å². The third-order valence-electron chi connectivity index (χ3n) is 4.12. The van der Waals surface area contributed by atoms with E-state index in [-0.39, 0.29) is 0 Å². The highest BCUT2D eigenvalue weighted by Gasteiger charge is 2.13. The van der Waals surface area contributed by atoms with Crippen molar-refractivity contribution in [1.29, 1.82) is 0 Å². The molecule has 5 heteroatoms. The number of halogens is 1. The van der Waals surface area contributed by atoms with Crippen LogP contribution < -0.4 is 4.74 Å². The van der Waals surface area contributed by atoms with E-state index < -0.39 is 0 Å². The summed E-state index contributed by atoms with van der Waals surface area (Å²) in [5.74, 6) is 1.72. The number of hydrogen-bond donors (Lipinski definition) is 0. The second-order valence-electron chi connectivity index (χ2n) is 5.65. The van der Waals surface area contributed by atoms with E-state index in [0.717, 1.165) is 34.0 Å². The molecule has 0 saturated carbocycles. The Hall–Kier alpha value is -2.72. The Morgan fingerprint density at radius 3 is 2.54 bits per heavy atom. The van der Waals surface area contributed by atoms with Gasteiger partial charge in [0.15, 0.2) is 0 Å². The van der Waals surface area contributed by atoms with Crippen molar-refractivity contribution in [3.8, 4) is 28.3 Å². The van der Waals surface area contributed by atoms with Crippen molar-refractivity contribution in [2.24, 2.45) is 7.05 Å². The van der Waals surface area contributed by atoms with E-state index in [1.54, 1.807) is 7.11 Å². The van der Waals surface area contributed by atoms with Crippen LogP contribution in [0, 0.1) is 0 Å². The van der Waals surface area contributed by atoms with Crippen LogP contribution in [-0.2, 0) is 7.05 Å². The zero-order chi connectivity index (χ0) is 16.7. The van der Waals surface area contributed by atoms with Crippen LogP contribution in [0.25, 0.3) is 28.3 Å². The molecule has 4 aromatic rings. The van der Waals surface area contributed by atoms with Crippen LogP contribution in [0.15, 0.2) is 60.9 Å². The summed E-state index contributed by atoms with van der Waals surface area (Å²) in [4.78, 5) is 4.75. The Kier molecular flexibility index (Phi) is 3.54. The first-order chi connectivity index (χ1) is 11.7. The Morgan fingerprint density at radius 1 is 1.00 bits per heavy atom. The summed E-state index contributed by atoms with van der Waals surface area (Å²) in [7, 11) is 3.69. The summed E-state index contributed by atoms with van der Waals surface area (Å²) in [6.07, 6.45) is 4.09. The lowest BCUT2D eigenvalue weighted by Gasteiger charge is -2.05. The molecule has 0 spiro atoms. The molecule has 4 rings (SSSR count). The number of hydrogen-bond acceptors (Lipinski definition) is 2. The molecule has 0 N–H and O–H groups in total. The lowest BCUT2D eigenvalue weighted by Crippen LogP contribution is -1.93. The third-order valence-corrected chi connectivity index (χ3v) is 4.36. The fourth-order valence-electron chi connectivity index (χ4n) is 2.89. The highest BCUT2D eigenvalue weighted by molar-refractivity contribution is 6.30. The molecule has 0 unspecified atom stereocenters. The summed E-state index contributed by atoms with van der Waals surface area (Å²) in [5, 5.41) is 0.710. The van der Waals surface area contributed by atoms with E-state index in [1.807, 2.05) is 60.1 Å². The van der Waals surface area contributed by atoms with E-state index >= 15 is 0 Å². The topological polar surface area (TPSA) is 31.5 Å². The van der Waals surface area contributed by atoms with Crippen molar-refractivity contribution in [1.82, 2.24) is 14.0 Å². The quantitative estimate of drug-likeness (QED) is 0.544. The number of rotatable bonds is 3. The Bertz CT molecular complexity index is 1030. The maximum absolute atomic E-state index is 6.08. The Labute approximate surface area is 144 Å². The molecule has 24 heavy (non-hydrogen) atoms. The van der Waals surface area contributed by atoms with Crippen molar-refractivity contribution in [2.45, 2.75) is 0 Å². The largest absolute Gasteiger partial charge is 0.497 e. The molecular weight excluding hydrogens is 322 g/mol. The van der Waals surface area contributed by atoms with Gasteiger partial charge in [-0.3, -0.25) is 4.40 Å². The van der Waals surface area contributed by atoms with E-state index in [4.69, 9.17) is 21.3 Å². The molecule has 4 nitrogen and oxygen atoms in total. The third kappa shape index (κ3) is 2.45. The van der Waals surface area contributed by atoms with Gasteiger partial charge in [0.25, 0.3) is 0 Å². The van der Waals surface area contributed by atoms with Crippen molar-refractivity contribution >= 4 is 17.4 Å². The van der Waals surface area contributed by atoms with Crippen LogP contribution >= 0.6 is 11.6 Å². The number of nitrogens with zero attached hydrogens (tertiary/aromatic N) is 3. The molecule has 2 aromatic heterocycles. The highest BCUT2D eigenvalue weighted by atomic mass is 35.5. The summed E-state index contributed by atoms with van der Waals surface area (Å²) in [6, 6.07) is 15.7. The first-order valence-corrected chi connectivity index (χ1v) is 7.98. The number of methoxy groups -OCH3 is 1. The second kappa shape index (κ2) is 5.73. The number of ether oxygens (including phenoxy) is 1. The van der Waals surface area contributed by atoms with E-state index in [0.29, 0.717) is 5.02 Å². The van der Waals surface area contributed by atoms with Crippen molar-refractivity contribution < 1.29 is 4.74 Å². The molecule has 0 radical (unpaired) electrons. The molecule has 2 aromatic carbocycles. The van der Waals surface area contributed by atoms with Crippen molar-refractivity contribution in [3.63, 3.8) is 0 Å². The number of benzene rings is 2. The van der Waals surface area contributed by atoms with Gasteiger partial charge in [-0.15, -0.1) is 0 Å². The van der Waals surface area contributed by atoms with Gasteiger partial charge in [0.1, 0.15) is 5.75 Å². The molecule has 0 saturated heterocycles. The monoisotopic (exact) mass is 337 g/mol. The molecule has 0 bridgehead atoms. The van der Waals surface area contributed by atoms with Gasteiger partial charge in [0.05, 0.1) is 18.5 Å². The van der Waals surface area contributed by atoms with Gasteiger partial charge in [-0.1, -0.05) is 35.9 Å². The van der Waals surface area contributed by atoms with Crippen LogP contribution in [0.3, 0.4) is 0 Å². The molecule has 120 valence electrons. The average Bonchev–Trinajstić information content (AvgIpc) is 3.15. The second-order valence-corrected chi connectivity index (χ2v) is 6.09.